The summed E-state index contributed by atoms with van der Waals surface area (Å²) in [7, 11) is 2.67. The van der Waals surface area contributed by atoms with Crippen LogP contribution in [-0.4, -0.2) is 16.1 Å². The van der Waals surface area contributed by atoms with Gasteiger partial charge in [0.05, 0.1) is 12.2 Å². The molecule has 2 atom stereocenters. The number of halogens is 1. The lowest BCUT2D eigenvalue weighted by atomic mass is 10.0. The molecule has 6 heteroatoms. The molecule has 19 heavy (non-hydrogen) atoms. The minimum absolute atomic E-state index is 0.0411. The molecule has 1 N–H and O–H groups in total. The Morgan fingerprint density at radius 2 is 2.11 bits per heavy atom. The molecule has 0 fully saturated rings. The van der Waals surface area contributed by atoms with Gasteiger partial charge in [0, 0.05) is 6.54 Å². The summed E-state index contributed by atoms with van der Waals surface area (Å²) in [6.45, 7) is 0.821. The Morgan fingerprint density at radius 3 is 2.84 bits per heavy atom. The molecule has 0 saturated heterocycles. The van der Waals surface area contributed by atoms with Gasteiger partial charge >= 0.3 is 0 Å². The number of fused-ring (bicyclic) bond motifs is 1. The van der Waals surface area contributed by atoms with Gasteiger partial charge in [-0.1, -0.05) is 24.3 Å². The van der Waals surface area contributed by atoms with E-state index < -0.39 is 0 Å². The number of anilines is 1. The van der Waals surface area contributed by atoms with Gasteiger partial charge in [0.15, 0.2) is 0 Å². The molecule has 0 spiro atoms. The fourth-order valence-corrected chi connectivity index (χ4v) is 2.84. The van der Waals surface area contributed by atoms with E-state index in [9.17, 15) is 4.79 Å². The van der Waals surface area contributed by atoms with Crippen molar-refractivity contribution in [3.8, 4) is 0 Å². The van der Waals surface area contributed by atoms with Crippen molar-refractivity contribution in [2.75, 3.05) is 11.9 Å². The van der Waals surface area contributed by atoms with Crippen molar-refractivity contribution in [2.24, 2.45) is 0 Å². The predicted molar refractivity (Wildman–Crippen MR) is 83.2 cm³/mol. The second-order valence-corrected chi connectivity index (χ2v) is 6.02. The summed E-state index contributed by atoms with van der Waals surface area (Å²) in [5, 5.41) is 4.31. The maximum absolute atomic E-state index is 12.3. The van der Waals surface area contributed by atoms with Crippen LogP contribution in [0.3, 0.4) is 0 Å². The molecule has 2 aromatic rings. The highest BCUT2D eigenvalue weighted by atomic mass is 79.9. The van der Waals surface area contributed by atoms with Crippen molar-refractivity contribution in [1.82, 2.24) is 9.55 Å². The van der Waals surface area contributed by atoms with E-state index in [1.165, 1.54) is 0 Å². The van der Waals surface area contributed by atoms with E-state index in [1.807, 2.05) is 12.1 Å². The third kappa shape index (κ3) is 2.33. The minimum Gasteiger partial charge on any atom is -0.355 e. The standard InChI is InChI=1S/C13H13BrN3OP/c14-10-7-16-13-15-6-5-11(17(13)12(10)18)8-1-3-9(19)4-2-8/h1-4,7,11H,5-6,19H2,(H,15,16). The summed E-state index contributed by atoms with van der Waals surface area (Å²) in [5.74, 6) is 0.638. The van der Waals surface area contributed by atoms with Gasteiger partial charge in [-0.3, -0.25) is 9.36 Å². The van der Waals surface area contributed by atoms with E-state index in [1.54, 1.807) is 10.8 Å². The summed E-state index contributed by atoms with van der Waals surface area (Å²) in [6.07, 6.45) is 2.43. The van der Waals surface area contributed by atoms with Crippen molar-refractivity contribution >= 4 is 36.4 Å². The topological polar surface area (TPSA) is 46.9 Å². The first-order valence-electron chi connectivity index (χ1n) is 6.03. The molecule has 3 rings (SSSR count). The molecule has 1 aromatic heterocycles. The molecule has 4 nitrogen and oxygen atoms in total. The monoisotopic (exact) mass is 337 g/mol. The van der Waals surface area contributed by atoms with E-state index in [4.69, 9.17) is 0 Å². The Balaban J connectivity index is 2.14. The number of rotatable bonds is 1. The fraction of sp³-hybridized carbons (Fsp3) is 0.231. The quantitative estimate of drug-likeness (QED) is 0.808. The van der Waals surface area contributed by atoms with Crippen LogP contribution in [0.5, 0.6) is 0 Å². The first-order valence-corrected chi connectivity index (χ1v) is 7.40. The van der Waals surface area contributed by atoms with Crippen LogP contribution in [0.2, 0.25) is 0 Å². The van der Waals surface area contributed by atoms with Crippen LogP contribution in [0.1, 0.15) is 18.0 Å². The maximum atomic E-state index is 12.3. The average molecular weight is 338 g/mol. The lowest BCUT2D eigenvalue weighted by Crippen LogP contribution is -2.34. The first kappa shape index (κ1) is 12.8. The smallest absolute Gasteiger partial charge is 0.269 e. The molecule has 2 heterocycles. The molecular formula is C13H13BrN3OP. The van der Waals surface area contributed by atoms with E-state index in [0.717, 1.165) is 23.8 Å². The Labute approximate surface area is 121 Å². The van der Waals surface area contributed by atoms with Crippen molar-refractivity contribution in [2.45, 2.75) is 12.5 Å². The molecule has 0 radical (unpaired) electrons. The molecule has 0 bridgehead atoms. The Hall–Kier alpha value is -1.19. The molecule has 0 amide bonds. The van der Waals surface area contributed by atoms with Crippen molar-refractivity contribution in [3.63, 3.8) is 0 Å². The van der Waals surface area contributed by atoms with Gasteiger partial charge in [0.25, 0.3) is 5.56 Å². The predicted octanol–water partition coefficient (Wildman–Crippen LogP) is 1.91. The highest BCUT2D eigenvalue weighted by Crippen LogP contribution is 2.27. The third-order valence-electron chi connectivity index (χ3n) is 3.29. The van der Waals surface area contributed by atoms with Gasteiger partial charge < -0.3 is 5.32 Å². The van der Waals surface area contributed by atoms with Crippen LogP contribution in [0, 0.1) is 0 Å². The number of hydrogen-bond acceptors (Lipinski definition) is 3. The number of hydrogen-bond donors (Lipinski definition) is 1. The second kappa shape index (κ2) is 5.06. The van der Waals surface area contributed by atoms with Gasteiger partial charge in [-0.25, -0.2) is 4.98 Å². The average Bonchev–Trinajstić information content (AvgIpc) is 2.43. The number of nitrogens with one attached hydrogen (secondary N) is 1. The van der Waals surface area contributed by atoms with Gasteiger partial charge in [0.1, 0.15) is 4.47 Å². The normalized spacial score (nSPS) is 17.7. The van der Waals surface area contributed by atoms with Crippen molar-refractivity contribution in [3.05, 3.63) is 50.9 Å². The van der Waals surface area contributed by atoms with Gasteiger partial charge in [0.2, 0.25) is 5.95 Å². The van der Waals surface area contributed by atoms with Crippen molar-refractivity contribution in [1.29, 1.82) is 0 Å². The zero-order valence-corrected chi connectivity index (χ0v) is 12.9. The van der Waals surface area contributed by atoms with E-state index in [0.29, 0.717) is 10.4 Å². The van der Waals surface area contributed by atoms with Crippen LogP contribution in [0.4, 0.5) is 5.95 Å². The molecule has 1 aliphatic heterocycles. The zero-order valence-electron chi connectivity index (χ0n) is 10.1. The molecule has 98 valence electrons. The highest BCUT2D eigenvalue weighted by Gasteiger charge is 2.23. The lowest BCUT2D eigenvalue weighted by Gasteiger charge is -2.28. The summed E-state index contributed by atoms with van der Waals surface area (Å²) < 4.78 is 2.22. The van der Waals surface area contributed by atoms with Crippen LogP contribution < -0.4 is 16.2 Å². The Morgan fingerprint density at radius 1 is 1.37 bits per heavy atom. The molecule has 1 aliphatic rings. The van der Waals surface area contributed by atoms with Gasteiger partial charge in [-0.2, -0.15) is 0 Å². The molecular weight excluding hydrogens is 325 g/mol. The van der Waals surface area contributed by atoms with Crippen LogP contribution in [0.25, 0.3) is 0 Å². The lowest BCUT2D eigenvalue weighted by molar-refractivity contribution is 0.505. The van der Waals surface area contributed by atoms with Crippen LogP contribution >= 0.6 is 25.2 Å². The van der Waals surface area contributed by atoms with E-state index in [-0.39, 0.29) is 11.6 Å². The van der Waals surface area contributed by atoms with E-state index >= 15 is 0 Å². The summed E-state index contributed by atoms with van der Waals surface area (Å²) in [6, 6.07) is 8.25. The molecule has 0 aliphatic carbocycles. The summed E-state index contributed by atoms with van der Waals surface area (Å²) >= 11 is 3.26. The highest BCUT2D eigenvalue weighted by molar-refractivity contribution is 9.10. The first-order chi connectivity index (χ1) is 9.16. The number of aromatic nitrogens is 2. The number of benzene rings is 1. The van der Waals surface area contributed by atoms with E-state index in [2.05, 4.69) is 47.6 Å². The SMILES string of the molecule is O=c1c(Br)cnc2n1C(c1ccc(P)cc1)CCN2. The minimum atomic E-state index is -0.0443. The second-order valence-electron chi connectivity index (χ2n) is 4.50. The van der Waals surface area contributed by atoms with Crippen LogP contribution in [-0.2, 0) is 0 Å². The molecule has 2 unspecified atom stereocenters. The van der Waals surface area contributed by atoms with Crippen LogP contribution in [0.15, 0.2) is 39.7 Å². The Bertz CT molecular complexity index is 669. The molecule has 1 aromatic carbocycles. The maximum Gasteiger partial charge on any atom is 0.269 e. The number of nitrogens with zero attached hydrogens (tertiary/aromatic N) is 2. The third-order valence-corrected chi connectivity index (χ3v) is 4.21. The largest absolute Gasteiger partial charge is 0.355 e. The van der Waals surface area contributed by atoms with Gasteiger partial charge in [-0.15, -0.1) is 9.24 Å². The van der Waals surface area contributed by atoms with Crippen molar-refractivity contribution < 1.29 is 0 Å². The summed E-state index contributed by atoms with van der Waals surface area (Å²) in [5.41, 5.74) is 1.09. The Kier molecular flexibility index (Phi) is 3.42. The zero-order chi connectivity index (χ0) is 13.4. The molecule has 0 saturated carbocycles. The van der Waals surface area contributed by atoms with Gasteiger partial charge in [-0.05, 0) is 33.2 Å². The summed E-state index contributed by atoms with van der Waals surface area (Å²) in [4.78, 5) is 16.6. The fourth-order valence-electron chi connectivity index (χ4n) is 2.35.